The zero-order valence-corrected chi connectivity index (χ0v) is 17.0. The molecule has 0 saturated carbocycles. The SMILES string of the molecule is O=C(Nc1ccc(S(=O)(=O)Nc2ccccc2Br)cc1)c1cc(O)c(O)c(O)c1. The number of phenols is 3. The van der Waals surface area contributed by atoms with Crippen LogP contribution in [0.5, 0.6) is 17.2 Å². The van der Waals surface area contributed by atoms with E-state index in [-0.39, 0.29) is 10.5 Å². The van der Waals surface area contributed by atoms with E-state index in [4.69, 9.17) is 0 Å². The van der Waals surface area contributed by atoms with Crippen LogP contribution in [0.15, 0.2) is 70.0 Å². The number of carbonyl (C=O) groups is 1. The summed E-state index contributed by atoms with van der Waals surface area (Å²) in [5.41, 5.74) is 0.587. The normalized spacial score (nSPS) is 11.1. The molecule has 0 spiro atoms. The standard InChI is InChI=1S/C19H15BrN2O6S/c20-14-3-1-2-4-15(14)22-29(27,28)13-7-5-12(6-8-13)21-19(26)11-9-16(23)18(25)17(24)10-11/h1-10,22-25H,(H,21,26). The van der Waals surface area contributed by atoms with E-state index in [2.05, 4.69) is 26.0 Å². The quantitative estimate of drug-likeness (QED) is 0.355. The van der Waals surface area contributed by atoms with Crippen LogP contribution in [-0.4, -0.2) is 29.6 Å². The number of anilines is 2. The summed E-state index contributed by atoms with van der Waals surface area (Å²) in [5.74, 6) is -2.68. The molecule has 3 rings (SSSR count). The zero-order valence-electron chi connectivity index (χ0n) is 14.6. The van der Waals surface area contributed by atoms with Crippen molar-refractivity contribution in [2.75, 3.05) is 10.0 Å². The molecule has 0 aliphatic rings. The number of halogens is 1. The number of hydrogen-bond acceptors (Lipinski definition) is 6. The summed E-state index contributed by atoms with van der Waals surface area (Å²) in [5, 5.41) is 30.8. The van der Waals surface area contributed by atoms with Crippen LogP contribution in [0.4, 0.5) is 11.4 Å². The molecule has 0 aliphatic heterocycles. The molecule has 3 aromatic rings. The van der Waals surface area contributed by atoms with Gasteiger partial charge in [0.1, 0.15) is 0 Å². The number of carbonyl (C=O) groups excluding carboxylic acids is 1. The second-order valence-corrected chi connectivity index (χ2v) is 8.46. The van der Waals surface area contributed by atoms with Crippen molar-refractivity contribution in [3.63, 3.8) is 0 Å². The molecule has 0 radical (unpaired) electrons. The Morgan fingerprint density at radius 1 is 0.897 bits per heavy atom. The Labute approximate surface area is 174 Å². The van der Waals surface area contributed by atoms with Crippen molar-refractivity contribution < 1.29 is 28.5 Å². The lowest BCUT2D eigenvalue weighted by atomic mass is 10.1. The average molecular weight is 479 g/mol. The van der Waals surface area contributed by atoms with Gasteiger partial charge in [-0.05, 0) is 64.5 Å². The second kappa shape index (κ2) is 8.02. The Hall–Kier alpha value is -3.24. The van der Waals surface area contributed by atoms with Crippen LogP contribution < -0.4 is 10.0 Å². The largest absolute Gasteiger partial charge is 0.504 e. The highest BCUT2D eigenvalue weighted by Gasteiger charge is 2.17. The molecule has 1 amide bonds. The zero-order chi connectivity index (χ0) is 21.2. The Balaban J connectivity index is 1.76. The molecule has 0 saturated heterocycles. The van der Waals surface area contributed by atoms with Gasteiger partial charge in [-0.1, -0.05) is 12.1 Å². The first-order valence-corrected chi connectivity index (χ1v) is 10.4. The van der Waals surface area contributed by atoms with Crippen LogP contribution in [0.2, 0.25) is 0 Å². The third kappa shape index (κ3) is 4.61. The molecule has 8 nitrogen and oxygen atoms in total. The lowest BCUT2D eigenvalue weighted by molar-refractivity contribution is 0.102. The maximum atomic E-state index is 12.5. The number of para-hydroxylation sites is 1. The number of nitrogens with one attached hydrogen (secondary N) is 2. The lowest BCUT2D eigenvalue weighted by Crippen LogP contribution is -2.14. The summed E-state index contributed by atoms with van der Waals surface area (Å²) in [6.07, 6.45) is 0. The minimum absolute atomic E-state index is 0.00817. The van der Waals surface area contributed by atoms with Crippen LogP contribution >= 0.6 is 15.9 Å². The van der Waals surface area contributed by atoms with E-state index >= 15 is 0 Å². The molecule has 0 unspecified atom stereocenters. The lowest BCUT2D eigenvalue weighted by Gasteiger charge is -2.11. The van der Waals surface area contributed by atoms with E-state index in [1.807, 2.05) is 0 Å². The fourth-order valence-corrected chi connectivity index (χ4v) is 4.00. The van der Waals surface area contributed by atoms with Crippen LogP contribution in [0, 0.1) is 0 Å². The van der Waals surface area contributed by atoms with Crippen LogP contribution in [-0.2, 0) is 10.0 Å². The summed E-state index contributed by atoms with van der Waals surface area (Å²) in [6, 6.07) is 14.2. The van der Waals surface area contributed by atoms with Gasteiger partial charge in [0.25, 0.3) is 15.9 Å². The van der Waals surface area contributed by atoms with Crippen molar-refractivity contribution in [2.24, 2.45) is 0 Å². The number of aromatic hydroxyl groups is 3. The second-order valence-electron chi connectivity index (χ2n) is 5.93. The van der Waals surface area contributed by atoms with Gasteiger partial charge in [-0.25, -0.2) is 8.42 Å². The van der Waals surface area contributed by atoms with Gasteiger partial charge in [-0.2, -0.15) is 0 Å². The van der Waals surface area contributed by atoms with Crippen LogP contribution in [0.25, 0.3) is 0 Å². The first-order valence-electron chi connectivity index (χ1n) is 8.11. The van der Waals surface area contributed by atoms with Crippen LogP contribution in [0.3, 0.4) is 0 Å². The van der Waals surface area contributed by atoms with E-state index in [9.17, 15) is 28.5 Å². The molecule has 0 aliphatic carbocycles. The highest BCUT2D eigenvalue weighted by molar-refractivity contribution is 9.10. The monoisotopic (exact) mass is 478 g/mol. The summed E-state index contributed by atoms with van der Waals surface area (Å²) < 4.78 is 28.1. The van der Waals surface area contributed by atoms with Crippen LogP contribution in [0.1, 0.15) is 10.4 Å². The van der Waals surface area contributed by atoms with Gasteiger partial charge in [0, 0.05) is 15.7 Å². The smallest absolute Gasteiger partial charge is 0.261 e. The van der Waals surface area contributed by atoms with Gasteiger partial charge in [0.15, 0.2) is 17.2 Å². The third-order valence-electron chi connectivity index (χ3n) is 3.87. The van der Waals surface area contributed by atoms with Gasteiger partial charge < -0.3 is 20.6 Å². The number of sulfonamides is 1. The van der Waals surface area contributed by atoms with Gasteiger partial charge >= 0.3 is 0 Å². The molecule has 150 valence electrons. The van der Waals surface area contributed by atoms with Crippen molar-refractivity contribution in [2.45, 2.75) is 4.90 Å². The summed E-state index contributed by atoms with van der Waals surface area (Å²) in [4.78, 5) is 12.2. The molecule has 0 fully saturated rings. The van der Waals surface area contributed by atoms with Gasteiger partial charge in [-0.15, -0.1) is 0 Å². The average Bonchev–Trinajstić information content (AvgIpc) is 2.68. The van der Waals surface area contributed by atoms with Gasteiger partial charge in [-0.3, -0.25) is 9.52 Å². The fraction of sp³-hybridized carbons (Fsp3) is 0. The molecule has 5 N–H and O–H groups in total. The number of phenolic OH excluding ortho intramolecular Hbond substituents is 3. The van der Waals surface area contributed by atoms with Crippen molar-refractivity contribution >= 4 is 43.2 Å². The topological polar surface area (TPSA) is 136 Å². The van der Waals surface area contributed by atoms with Crippen molar-refractivity contribution in [3.8, 4) is 17.2 Å². The van der Waals surface area contributed by atoms with Gasteiger partial charge in [0.05, 0.1) is 10.6 Å². The molecule has 10 heteroatoms. The Morgan fingerprint density at radius 3 is 2.07 bits per heavy atom. The maximum Gasteiger partial charge on any atom is 0.261 e. The predicted octanol–water partition coefficient (Wildman–Crippen LogP) is 3.62. The summed E-state index contributed by atoms with van der Waals surface area (Å²) in [6.45, 7) is 0. The Kier molecular flexibility index (Phi) is 5.66. The molecule has 0 bridgehead atoms. The van der Waals surface area contributed by atoms with E-state index in [1.165, 1.54) is 24.3 Å². The minimum Gasteiger partial charge on any atom is -0.504 e. The fourth-order valence-electron chi connectivity index (χ4n) is 2.40. The highest BCUT2D eigenvalue weighted by Crippen LogP contribution is 2.35. The van der Waals surface area contributed by atoms with Crippen molar-refractivity contribution in [3.05, 3.63) is 70.7 Å². The van der Waals surface area contributed by atoms with E-state index in [0.717, 1.165) is 12.1 Å². The van der Waals surface area contributed by atoms with Crippen molar-refractivity contribution in [1.29, 1.82) is 0 Å². The Bertz CT molecular complexity index is 1160. The molecular formula is C19H15BrN2O6S. The number of rotatable bonds is 5. The molecular weight excluding hydrogens is 464 g/mol. The van der Waals surface area contributed by atoms with Gasteiger partial charge in [0.2, 0.25) is 0 Å². The highest BCUT2D eigenvalue weighted by atomic mass is 79.9. The molecule has 0 heterocycles. The minimum atomic E-state index is -3.84. The molecule has 29 heavy (non-hydrogen) atoms. The third-order valence-corrected chi connectivity index (χ3v) is 5.95. The Morgan fingerprint density at radius 2 is 1.48 bits per heavy atom. The van der Waals surface area contributed by atoms with Crippen molar-refractivity contribution in [1.82, 2.24) is 0 Å². The first-order chi connectivity index (χ1) is 13.7. The number of hydrogen-bond donors (Lipinski definition) is 5. The van der Waals surface area contributed by atoms with E-state index < -0.39 is 33.2 Å². The molecule has 3 aromatic carbocycles. The molecule has 0 aromatic heterocycles. The van der Waals surface area contributed by atoms with E-state index in [1.54, 1.807) is 24.3 Å². The maximum absolute atomic E-state index is 12.5. The number of benzene rings is 3. The first kappa shape index (κ1) is 20.5. The summed E-state index contributed by atoms with van der Waals surface area (Å²) >= 11 is 3.27. The van der Waals surface area contributed by atoms with E-state index in [0.29, 0.717) is 15.8 Å². The molecule has 0 atom stereocenters. The number of amides is 1. The predicted molar refractivity (Wildman–Crippen MR) is 111 cm³/mol. The summed E-state index contributed by atoms with van der Waals surface area (Å²) in [7, 11) is -3.84.